The highest BCUT2D eigenvalue weighted by atomic mass is 35.5. The molecular weight excluding hydrogens is 344 g/mol. The standard InChI is InChI=1S/C14H15ClN2O5S/c1-14(12(18)16-9-4-5-23(20,21)7-9)13(19)17-10-6-8(15)2-3-11(10)22-14/h2-3,6,9H,4-5,7H2,1H3,(H,16,18)(H,17,19). The van der Waals surface area contributed by atoms with Crippen molar-refractivity contribution in [3.63, 3.8) is 0 Å². The highest BCUT2D eigenvalue weighted by molar-refractivity contribution is 7.91. The zero-order valence-corrected chi connectivity index (χ0v) is 13.8. The molecule has 2 heterocycles. The molecular formula is C14H15ClN2O5S. The molecule has 1 saturated heterocycles. The van der Waals surface area contributed by atoms with Crippen LogP contribution < -0.4 is 15.4 Å². The molecule has 0 saturated carbocycles. The first-order chi connectivity index (χ1) is 10.7. The largest absolute Gasteiger partial charge is 0.466 e. The van der Waals surface area contributed by atoms with Gasteiger partial charge in [-0.2, -0.15) is 0 Å². The number of carbonyl (C=O) groups excluding carboxylic acids is 2. The van der Waals surface area contributed by atoms with Crippen LogP contribution in [-0.2, 0) is 19.4 Å². The third kappa shape index (κ3) is 3.00. The summed E-state index contributed by atoms with van der Waals surface area (Å²) in [5.41, 5.74) is -1.39. The zero-order valence-electron chi connectivity index (χ0n) is 12.3. The van der Waals surface area contributed by atoms with Crippen molar-refractivity contribution in [2.75, 3.05) is 16.8 Å². The molecule has 2 aliphatic heterocycles. The number of nitrogens with one attached hydrogen (secondary N) is 2. The van der Waals surface area contributed by atoms with Crippen LogP contribution in [0.15, 0.2) is 18.2 Å². The van der Waals surface area contributed by atoms with Gasteiger partial charge in [-0.15, -0.1) is 0 Å². The highest BCUT2D eigenvalue weighted by Gasteiger charge is 2.48. The Morgan fingerprint density at radius 3 is 2.87 bits per heavy atom. The van der Waals surface area contributed by atoms with Crippen LogP contribution in [0.1, 0.15) is 13.3 Å². The molecule has 1 aromatic carbocycles. The maximum atomic E-state index is 12.5. The number of carbonyl (C=O) groups is 2. The van der Waals surface area contributed by atoms with E-state index < -0.39 is 33.3 Å². The van der Waals surface area contributed by atoms with Crippen LogP contribution >= 0.6 is 11.6 Å². The molecule has 1 fully saturated rings. The van der Waals surface area contributed by atoms with Gasteiger partial charge in [-0.25, -0.2) is 8.42 Å². The van der Waals surface area contributed by atoms with Crippen LogP contribution in [-0.4, -0.2) is 43.4 Å². The van der Waals surface area contributed by atoms with Crippen molar-refractivity contribution in [1.82, 2.24) is 5.32 Å². The Hall–Kier alpha value is -1.80. The Labute approximate surface area is 138 Å². The van der Waals surface area contributed by atoms with E-state index in [-0.39, 0.29) is 11.5 Å². The fourth-order valence-corrected chi connectivity index (χ4v) is 4.42. The van der Waals surface area contributed by atoms with Gasteiger partial charge in [0, 0.05) is 11.1 Å². The number of rotatable bonds is 2. The molecule has 0 bridgehead atoms. The lowest BCUT2D eigenvalue weighted by molar-refractivity contribution is -0.147. The first-order valence-corrected chi connectivity index (χ1v) is 9.21. The van der Waals surface area contributed by atoms with Crippen molar-refractivity contribution in [2.45, 2.75) is 25.0 Å². The van der Waals surface area contributed by atoms with E-state index in [1.807, 2.05) is 0 Å². The molecule has 2 aliphatic rings. The second-order valence-corrected chi connectivity index (χ2v) is 8.47. The first-order valence-electron chi connectivity index (χ1n) is 7.01. The Balaban J connectivity index is 1.80. The second-order valence-electron chi connectivity index (χ2n) is 5.80. The van der Waals surface area contributed by atoms with Gasteiger partial charge in [-0.1, -0.05) is 11.6 Å². The minimum Gasteiger partial charge on any atom is -0.466 e. The van der Waals surface area contributed by atoms with Gasteiger partial charge in [-0.3, -0.25) is 9.59 Å². The van der Waals surface area contributed by atoms with Crippen molar-refractivity contribution in [3.8, 4) is 5.75 Å². The van der Waals surface area contributed by atoms with Crippen molar-refractivity contribution < 1.29 is 22.7 Å². The Bertz CT molecular complexity index is 794. The van der Waals surface area contributed by atoms with Crippen molar-refractivity contribution in [3.05, 3.63) is 23.2 Å². The van der Waals surface area contributed by atoms with E-state index in [1.54, 1.807) is 12.1 Å². The molecule has 2 unspecified atom stereocenters. The third-order valence-electron chi connectivity index (χ3n) is 3.94. The second kappa shape index (κ2) is 5.38. The molecule has 23 heavy (non-hydrogen) atoms. The van der Waals surface area contributed by atoms with E-state index >= 15 is 0 Å². The van der Waals surface area contributed by atoms with E-state index in [2.05, 4.69) is 10.6 Å². The average molecular weight is 359 g/mol. The Morgan fingerprint density at radius 1 is 1.48 bits per heavy atom. The number of sulfone groups is 1. The lowest BCUT2D eigenvalue weighted by atomic mass is 10.0. The van der Waals surface area contributed by atoms with Gasteiger partial charge in [0.25, 0.3) is 17.4 Å². The van der Waals surface area contributed by atoms with E-state index in [1.165, 1.54) is 13.0 Å². The van der Waals surface area contributed by atoms with Gasteiger partial charge >= 0.3 is 0 Å². The van der Waals surface area contributed by atoms with Crippen LogP contribution in [0.3, 0.4) is 0 Å². The maximum Gasteiger partial charge on any atom is 0.278 e. The van der Waals surface area contributed by atoms with Gasteiger partial charge < -0.3 is 15.4 Å². The molecule has 2 amide bonds. The van der Waals surface area contributed by atoms with Gasteiger partial charge in [0.05, 0.1) is 17.2 Å². The maximum absolute atomic E-state index is 12.5. The fourth-order valence-electron chi connectivity index (χ4n) is 2.58. The van der Waals surface area contributed by atoms with Gasteiger partial charge in [0.2, 0.25) is 0 Å². The summed E-state index contributed by atoms with van der Waals surface area (Å²) >= 11 is 5.86. The number of hydrogen-bond acceptors (Lipinski definition) is 5. The van der Waals surface area contributed by atoms with Crippen LogP contribution in [0.4, 0.5) is 5.69 Å². The molecule has 7 nitrogen and oxygen atoms in total. The SMILES string of the molecule is CC1(C(=O)NC2CCS(=O)(=O)C2)Oc2ccc(Cl)cc2NC1=O. The summed E-state index contributed by atoms with van der Waals surface area (Å²) in [5, 5.41) is 5.60. The predicted octanol–water partition coefficient (Wildman–Crippen LogP) is 0.733. The molecule has 1 aromatic rings. The van der Waals surface area contributed by atoms with Crippen LogP contribution in [0.5, 0.6) is 5.75 Å². The summed E-state index contributed by atoms with van der Waals surface area (Å²) in [6.07, 6.45) is 0.331. The smallest absolute Gasteiger partial charge is 0.278 e. The summed E-state index contributed by atoms with van der Waals surface area (Å²) in [6.45, 7) is 1.35. The number of benzene rings is 1. The predicted molar refractivity (Wildman–Crippen MR) is 84.3 cm³/mol. The van der Waals surface area contributed by atoms with Crippen LogP contribution in [0, 0.1) is 0 Å². The van der Waals surface area contributed by atoms with Crippen molar-refractivity contribution in [2.24, 2.45) is 0 Å². The first kappa shape index (κ1) is 16.1. The molecule has 2 N–H and O–H groups in total. The Morgan fingerprint density at radius 2 is 2.22 bits per heavy atom. The quantitative estimate of drug-likeness (QED) is 0.759. The van der Waals surface area contributed by atoms with E-state index in [0.717, 1.165) is 0 Å². The topological polar surface area (TPSA) is 102 Å². The minimum absolute atomic E-state index is 0.0308. The zero-order chi connectivity index (χ0) is 16.8. The number of anilines is 1. The summed E-state index contributed by atoms with van der Waals surface area (Å²) in [6, 6.07) is 4.16. The van der Waals surface area contributed by atoms with Crippen LogP contribution in [0.25, 0.3) is 0 Å². The molecule has 0 aliphatic carbocycles. The number of amides is 2. The van der Waals surface area contributed by atoms with Gasteiger partial charge in [0.1, 0.15) is 5.75 Å². The lowest BCUT2D eigenvalue weighted by Crippen LogP contribution is -2.60. The van der Waals surface area contributed by atoms with E-state index in [4.69, 9.17) is 16.3 Å². The number of halogens is 1. The summed E-state index contributed by atoms with van der Waals surface area (Å²) in [5.74, 6) is -1.07. The average Bonchev–Trinajstić information content (AvgIpc) is 2.79. The summed E-state index contributed by atoms with van der Waals surface area (Å²) in [4.78, 5) is 24.7. The van der Waals surface area contributed by atoms with Crippen molar-refractivity contribution in [1.29, 1.82) is 0 Å². The van der Waals surface area contributed by atoms with Gasteiger partial charge in [-0.05, 0) is 31.5 Å². The molecule has 0 aromatic heterocycles. The summed E-state index contributed by atoms with van der Waals surface area (Å²) in [7, 11) is -3.13. The summed E-state index contributed by atoms with van der Waals surface area (Å²) < 4.78 is 28.5. The molecule has 3 rings (SSSR count). The normalized spacial score (nSPS) is 28.4. The van der Waals surface area contributed by atoms with E-state index in [0.29, 0.717) is 22.9 Å². The van der Waals surface area contributed by atoms with E-state index in [9.17, 15) is 18.0 Å². The fraction of sp³-hybridized carbons (Fsp3) is 0.429. The Kier molecular flexibility index (Phi) is 3.76. The van der Waals surface area contributed by atoms with Crippen LogP contribution in [0.2, 0.25) is 5.02 Å². The number of fused-ring (bicyclic) bond motifs is 1. The monoisotopic (exact) mass is 358 g/mol. The lowest BCUT2D eigenvalue weighted by Gasteiger charge is -2.34. The number of ether oxygens (including phenoxy) is 1. The molecule has 124 valence electrons. The molecule has 0 radical (unpaired) electrons. The molecule has 0 spiro atoms. The van der Waals surface area contributed by atoms with Crippen molar-refractivity contribution >= 4 is 38.9 Å². The van der Waals surface area contributed by atoms with Gasteiger partial charge in [0.15, 0.2) is 9.84 Å². The highest BCUT2D eigenvalue weighted by Crippen LogP contribution is 2.35. The molecule has 2 atom stereocenters. The number of hydrogen-bond donors (Lipinski definition) is 2. The third-order valence-corrected chi connectivity index (χ3v) is 5.94. The molecule has 9 heteroatoms. The minimum atomic E-state index is -3.13.